The van der Waals surface area contributed by atoms with E-state index in [-0.39, 0.29) is 15.8 Å². The highest BCUT2D eigenvalue weighted by atomic mass is 32.2. The molecule has 0 aliphatic heterocycles. The fraction of sp³-hybridized carbons (Fsp3) is 0.235. The average molecular weight is 362 g/mol. The molecule has 0 radical (unpaired) electrons. The molecule has 0 unspecified atom stereocenters. The van der Waals surface area contributed by atoms with Gasteiger partial charge in [0.25, 0.3) is 0 Å². The van der Waals surface area contributed by atoms with Crippen molar-refractivity contribution in [3.63, 3.8) is 0 Å². The first-order valence-electron chi connectivity index (χ1n) is 7.63. The minimum absolute atomic E-state index is 0.0762. The molecule has 1 heterocycles. The van der Waals surface area contributed by atoms with Crippen molar-refractivity contribution in [1.29, 1.82) is 0 Å². The van der Waals surface area contributed by atoms with Crippen LogP contribution < -0.4 is 9.60 Å². The monoisotopic (exact) mass is 362 g/mol. The molecule has 0 bridgehead atoms. The molecule has 0 aliphatic carbocycles. The van der Waals surface area contributed by atoms with E-state index in [4.69, 9.17) is 0 Å². The molecule has 0 fully saturated rings. The number of hydrogen-bond donors (Lipinski definition) is 1. The van der Waals surface area contributed by atoms with Crippen molar-refractivity contribution in [2.45, 2.75) is 31.3 Å². The number of nitrogens with one attached hydrogen (secondary N) is 1. The van der Waals surface area contributed by atoms with Crippen LogP contribution in [0.3, 0.4) is 0 Å². The molecule has 0 spiro atoms. The molecular weight excluding hydrogens is 344 g/mol. The molecule has 0 amide bonds. The maximum atomic E-state index is 12.6. The lowest BCUT2D eigenvalue weighted by Gasteiger charge is -2.14. The van der Waals surface area contributed by atoms with Crippen LogP contribution in [0.25, 0.3) is 10.2 Å². The summed E-state index contributed by atoms with van der Waals surface area (Å²) in [5.41, 5.74) is 1.66. The largest absolute Gasteiger partial charge is 0.308 e. The third-order valence-electron chi connectivity index (χ3n) is 3.90. The van der Waals surface area contributed by atoms with Gasteiger partial charge in [0.15, 0.2) is 0 Å². The molecule has 1 aromatic heterocycles. The van der Waals surface area contributed by atoms with Crippen LogP contribution in [0.1, 0.15) is 25.5 Å². The number of sulfonamides is 1. The molecule has 0 aliphatic rings. The molecule has 0 saturated heterocycles. The summed E-state index contributed by atoms with van der Waals surface area (Å²) in [4.78, 5) is 12.0. The lowest BCUT2D eigenvalue weighted by atomic mass is 10.1. The van der Waals surface area contributed by atoms with Crippen molar-refractivity contribution >= 4 is 31.6 Å². The average Bonchev–Trinajstić information content (AvgIpc) is 2.89. The normalized spacial score (nSPS) is 13.2. The fourth-order valence-corrected chi connectivity index (χ4v) is 4.95. The summed E-state index contributed by atoms with van der Waals surface area (Å²) in [5, 5.41) is 0. The Hall–Kier alpha value is -1.96. The van der Waals surface area contributed by atoms with E-state index in [1.54, 1.807) is 29.7 Å². The Morgan fingerprint density at radius 3 is 2.54 bits per heavy atom. The first-order valence-corrected chi connectivity index (χ1v) is 9.93. The van der Waals surface area contributed by atoms with Crippen LogP contribution in [0, 0.1) is 0 Å². The standard InChI is InChI=1S/C17H18N2O3S2/c1-3-19-15-10-9-14(11-16(15)23-17(19)20)24(21,22)18-12(2)13-7-5-4-6-8-13/h4-12,18H,3H2,1-2H3/t12-/m0/s1. The third-order valence-corrected chi connectivity index (χ3v) is 6.38. The van der Waals surface area contributed by atoms with Crippen LogP contribution in [0.5, 0.6) is 0 Å². The molecule has 3 aromatic rings. The van der Waals surface area contributed by atoms with Gasteiger partial charge < -0.3 is 0 Å². The van der Waals surface area contributed by atoms with Crippen molar-refractivity contribution < 1.29 is 8.42 Å². The second kappa shape index (κ2) is 6.51. The molecule has 126 valence electrons. The van der Waals surface area contributed by atoms with Crippen molar-refractivity contribution in [3.05, 3.63) is 63.8 Å². The molecule has 1 atom stereocenters. The first kappa shape index (κ1) is 16.9. The van der Waals surface area contributed by atoms with Crippen LogP contribution >= 0.6 is 11.3 Å². The van der Waals surface area contributed by atoms with E-state index in [0.29, 0.717) is 11.2 Å². The topological polar surface area (TPSA) is 68.2 Å². The van der Waals surface area contributed by atoms with E-state index >= 15 is 0 Å². The third kappa shape index (κ3) is 3.15. The van der Waals surface area contributed by atoms with Crippen LogP contribution in [0.2, 0.25) is 0 Å². The quantitative estimate of drug-likeness (QED) is 0.758. The Morgan fingerprint density at radius 2 is 1.88 bits per heavy atom. The molecule has 0 saturated carbocycles. The highest BCUT2D eigenvalue weighted by Gasteiger charge is 2.19. The lowest BCUT2D eigenvalue weighted by Crippen LogP contribution is -2.26. The van der Waals surface area contributed by atoms with Gasteiger partial charge >= 0.3 is 4.87 Å². The Balaban J connectivity index is 1.95. The minimum Gasteiger partial charge on any atom is -0.299 e. The lowest BCUT2D eigenvalue weighted by molar-refractivity contribution is 0.567. The van der Waals surface area contributed by atoms with Crippen LogP contribution in [-0.4, -0.2) is 13.0 Å². The second-order valence-corrected chi connectivity index (χ2v) is 8.20. The Labute approximate surface area is 144 Å². The summed E-state index contributed by atoms with van der Waals surface area (Å²) in [7, 11) is -3.66. The summed E-state index contributed by atoms with van der Waals surface area (Å²) >= 11 is 1.06. The molecule has 3 rings (SSSR count). The maximum Gasteiger partial charge on any atom is 0.308 e. The van der Waals surface area contributed by atoms with E-state index in [2.05, 4.69) is 4.72 Å². The summed E-state index contributed by atoms with van der Waals surface area (Å²) in [5.74, 6) is 0. The van der Waals surface area contributed by atoms with E-state index < -0.39 is 10.0 Å². The zero-order chi connectivity index (χ0) is 17.3. The van der Waals surface area contributed by atoms with E-state index in [0.717, 1.165) is 22.4 Å². The number of aromatic nitrogens is 1. The predicted molar refractivity (Wildman–Crippen MR) is 96.9 cm³/mol. The van der Waals surface area contributed by atoms with Gasteiger partial charge in [-0.15, -0.1) is 0 Å². The number of thiazole rings is 1. The van der Waals surface area contributed by atoms with Gasteiger partial charge in [-0.05, 0) is 37.6 Å². The van der Waals surface area contributed by atoms with Crippen molar-refractivity contribution in [3.8, 4) is 0 Å². The van der Waals surface area contributed by atoms with Gasteiger partial charge in [-0.25, -0.2) is 13.1 Å². The molecule has 1 N–H and O–H groups in total. The summed E-state index contributed by atoms with van der Waals surface area (Å²) in [6.45, 7) is 4.26. The maximum absolute atomic E-state index is 12.6. The zero-order valence-electron chi connectivity index (χ0n) is 13.4. The smallest absolute Gasteiger partial charge is 0.299 e. The summed E-state index contributed by atoms with van der Waals surface area (Å²) < 4.78 is 30.3. The molecule has 24 heavy (non-hydrogen) atoms. The Bertz CT molecular complexity index is 1020. The van der Waals surface area contributed by atoms with Crippen molar-refractivity contribution in [1.82, 2.24) is 9.29 Å². The number of nitrogens with zero attached hydrogens (tertiary/aromatic N) is 1. The SMILES string of the molecule is CCn1c(=O)sc2cc(S(=O)(=O)N[C@@H](C)c3ccccc3)ccc21. The van der Waals surface area contributed by atoms with E-state index in [1.165, 1.54) is 0 Å². The van der Waals surface area contributed by atoms with Gasteiger partial charge in [0, 0.05) is 12.6 Å². The summed E-state index contributed by atoms with van der Waals surface area (Å²) in [6.07, 6.45) is 0. The Kier molecular flexibility index (Phi) is 4.58. The summed E-state index contributed by atoms with van der Waals surface area (Å²) in [6, 6.07) is 13.8. The van der Waals surface area contributed by atoms with Crippen LogP contribution in [0.15, 0.2) is 58.2 Å². The number of benzene rings is 2. The van der Waals surface area contributed by atoms with Crippen LogP contribution in [-0.2, 0) is 16.6 Å². The van der Waals surface area contributed by atoms with E-state index in [9.17, 15) is 13.2 Å². The molecule has 7 heteroatoms. The highest BCUT2D eigenvalue weighted by Crippen LogP contribution is 2.23. The number of rotatable bonds is 5. The predicted octanol–water partition coefficient (Wildman–Crippen LogP) is 3.12. The van der Waals surface area contributed by atoms with Gasteiger partial charge in [0.1, 0.15) is 0 Å². The van der Waals surface area contributed by atoms with Crippen molar-refractivity contribution in [2.24, 2.45) is 0 Å². The second-order valence-electron chi connectivity index (χ2n) is 5.50. The van der Waals surface area contributed by atoms with Crippen molar-refractivity contribution in [2.75, 3.05) is 0 Å². The minimum atomic E-state index is -3.66. The molecular formula is C17H18N2O3S2. The zero-order valence-corrected chi connectivity index (χ0v) is 15.0. The molecule has 2 aromatic carbocycles. The number of fused-ring (bicyclic) bond motifs is 1. The molecule has 5 nitrogen and oxygen atoms in total. The first-order chi connectivity index (χ1) is 11.4. The van der Waals surface area contributed by atoms with Gasteiger partial charge in [-0.2, -0.15) is 0 Å². The number of aryl methyl sites for hydroxylation is 1. The van der Waals surface area contributed by atoms with Gasteiger partial charge in [-0.1, -0.05) is 41.7 Å². The fourth-order valence-electron chi connectivity index (χ4n) is 2.62. The number of hydrogen-bond acceptors (Lipinski definition) is 4. The van der Waals surface area contributed by atoms with E-state index in [1.807, 2.05) is 37.3 Å². The Morgan fingerprint density at radius 1 is 1.17 bits per heavy atom. The van der Waals surface area contributed by atoms with Gasteiger partial charge in [0.2, 0.25) is 10.0 Å². The van der Waals surface area contributed by atoms with Gasteiger partial charge in [0.05, 0.1) is 15.1 Å². The highest BCUT2D eigenvalue weighted by molar-refractivity contribution is 7.89. The van der Waals surface area contributed by atoms with Gasteiger partial charge in [-0.3, -0.25) is 9.36 Å². The van der Waals surface area contributed by atoms with Crippen LogP contribution in [0.4, 0.5) is 0 Å².